The molecule has 0 bridgehead atoms. The topological polar surface area (TPSA) is 79.0 Å². The van der Waals surface area contributed by atoms with Gasteiger partial charge in [-0.3, -0.25) is 14.6 Å². The number of fused-ring (bicyclic) bond motifs is 1. The summed E-state index contributed by atoms with van der Waals surface area (Å²) in [5, 5.41) is 0.374. The van der Waals surface area contributed by atoms with Crippen LogP contribution in [-0.4, -0.2) is 27.9 Å². The standard InChI is InChI=1S/C17H18N4O2S/c1-10(2)7-12-13(14-15(22)19-9-20-16(14)24-12)17(23)21(3)11-5-4-6-18-8-11/h4-6,8-10H,7H2,1-3H3,(H,19,20,22). The van der Waals surface area contributed by atoms with Crippen LogP contribution in [-0.2, 0) is 6.42 Å². The summed E-state index contributed by atoms with van der Waals surface area (Å²) in [6.45, 7) is 4.17. The van der Waals surface area contributed by atoms with Gasteiger partial charge in [-0.1, -0.05) is 13.8 Å². The highest BCUT2D eigenvalue weighted by Crippen LogP contribution is 2.31. The third-order valence-corrected chi connectivity index (χ3v) is 4.83. The van der Waals surface area contributed by atoms with E-state index in [-0.39, 0.29) is 11.5 Å². The Morgan fingerprint density at radius 1 is 1.42 bits per heavy atom. The van der Waals surface area contributed by atoms with Gasteiger partial charge in [-0.2, -0.15) is 0 Å². The molecule has 1 N–H and O–H groups in total. The first-order chi connectivity index (χ1) is 11.5. The number of H-pyrrole nitrogens is 1. The quantitative estimate of drug-likeness (QED) is 0.791. The zero-order chi connectivity index (χ0) is 17.3. The minimum absolute atomic E-state index is 0.219. The Hall–Kier alpha value is -2.54. The van der Waals surface area contributed by atoms with E-state index in [0.29, 0.717) is 27.4 Å². The van der Waals surface area contributed by atoms with Crippen molar-refractivity contribution < 1.29 is 4.79 Å². The number of hydrogen-bond acceptors (Lipinski definition) is 5. The Morgan fingerprint density at radius 3 is 2.88 bits per heavy atom. The number of amides is 1. The molecular formula is C17H18N4O2S. The highest BCUT2D eigenvalue weighted by Gasteiger charge is 2.25. The number of nitrogens with zero attached hydrogens (tertiary/aromatic N) is 3. The van der Waals surface area contributed by atoms with Gasteiger partial charge in [-0.15, -0.1) is 11.3 Å². The molecule has 0 fully saturated rings. The second kappa shape index (κ2) is 6.52. The van der Waals surface area contributed by atoms with Crippen LogP contribution >= 0.6 is 11.3 Å². The van der Waals surface area contributed by atoms with Crippen molar-refractivity contribution in [3.8, 4) is 0 Å². The van der Waals surface area contributed by atoms with Gasteiger partial charge in [0.05, 0.1) is 29.2 Å². The molecule has 24 heavy (non-hydrogen) atoms. The van der Waals surface area contributed by atoms with Crippen LogP contribution in [0.4, 0.5) is 5.69 Å². The monoisotopic (exact) mass is 342 g/mol. The zero-order valence-electron chi connectivity index (χ0n) is 13.7. The molecule has 0 radical (unpaired) electrons. The van der Waals surface area contributed by atoms with Crippen LogP contribution in [0.15, 0.2) is 35.6 Å². The molecule has 0 saturated carbocycles. The number of pyridine rings is 1. The average molecular weight is 342 g/mol. The molecule has 124 valence electrons. The fourth-order valence-electron chi connectivity index (χ4n) is 2.57. The number of nitrogens with one attached hydrogen (secondary N) is 1. The summed E-state index contributed by atoms with van der Waals surface area (Å²) in [6.07, 6.45) is 5.37. The number of thiophene rings is 1. The van der Waals surface area contributed by atoms with Crippen molar-refractivity contribution >= 4 is 33.1 Å². The third-order valence-electron chi connectivity index (χ3n) is 3.71. The summed E-state index contributed by atoms with van der Waals surface area (Å²) in [5.74, 6) is 0.149. The van der Waals surface area contributed by atoms with Crippen molar-refractivity contribution in [2.24, 2.45) is 5.92 Å². The van der Waals surface area contributed by atoms with E-state index in [1.54, 1.807) is 25.5 Å². The van der Waals surface area contributed by atoms with Crippen molar-refractivity contribution in [3.63, 3.8) is 0 Å². The summed E-state index contributed by atoms with van der Waals surface area (Å²) in [7, 11) is 1.69. The van der Waals surface area contributed by atoms with Gasteiger partial charge < -0.3 is 9.88 Å². The van der Waals surface area contributed by atoms with Gasteiger partial charge in [0.15, 0.2) is 0 Å². The Bertz CT molecular complexity index is 931. The van der Waals surface area contributed by atoms with Crippen LogP contribution in [0.1, 0.15) is 29.1 Å². The van der Waals surface area contributed by atoms with E-state index in [0.717, 1.165) is 11.3 Å². The fraction of sp³-hybridized carbons (Fsp3) is 0.294. The molecule has 0 atom stereocenters. The molecule has 0 aliphatic heterocycles. The van der Waals surface area contributed by atoms with Crippen LogP contribution < -0.4 is 10.5 Å². The molecule has 1 amide bonds. The lowest BCUT2D eigenvalue weighted by Gasteiger charge is -2.17. The Balaban J connectivity index is 2.16. The highest BCUT2D eigenvalue weighted by atomic mass is 32.1. The first-order valence-electron chi connectivity index (χ1n) is 7.66. The fourth-order valence-corrected chi connectivity index (χ4v) is 3.91. The van der Waals surface area contributed by atoms with Crippen LogP contribution in [0, 0.1) is 5.92 Å². The number of aromatic amines is 1. The van der Waals surface area contributed by atoms with Crippen molar-refractivity contribution in [2.45, 2.75) is 20.3 Å². The number of carbonyl (C=O) groups is 1. The van der Waals surface area contributed by atoms with Gasteiger partial charge in [0.1, 0.15) is 4.83 Å². The Kier molecular flexibility index (Phi) is 4.44. The van der Waals surface area contributed by atoms with Gasteiger partial charge in [-0.25, -0.2) is 4.98 Å². The number of carbonyl (C=O) groups excluding carboxylic acids is 1. The Morgan fingerprint density at radius 2 is 2.21 bits per heavy atom. The molecule has 0 aliphatic rings. The van der Waals surface area contributed by atoms with E-state index in [1.165, 1.54) is 22.6 Å². The number of rotatable bonds is 4. The van der Waals surface area contributed by atoms with Crippen molar-refractivity contribution in [1.29, 1.82) is 0 Å². The van der Waals surface area contributed by atoms with E-state index in [2.05, 4.69) is 28.8 Å². The molecule has 7 heteroatoms. The van der Waals surface area contributed by atoms with Crippen molar-refractivity contribution in [2.75, 3.05) is 11.9 Å². The predicted molar refractivity (Wildman–Crippen MR) is 95.8 cm³/mol. The van der Waals surface area contributed by atoms with Crippen LogP contribution in [0.25, 0.3) is 10.2 Å². The third kappa shape index (κ3) is 2.94. The predicted octanol–water partition coefficient (Wildman–Crippen LogP) is 2.85. The normalized spacial score (nSPS) is 11.2. The number of anilines is 1. The molecule has 3 aromatic rings. The second-order valence-corrected chi connectivity index (χ2v) is 7.07. The lowest BCUT2D eigenvalue weighted by atomic mass is 10.0. The second-order valence-electron chi connectivity index (χ2n) is 5.99. The molecule has 0 saturated heterocycles. The summed E-state index contributed by atoms with van der Waals surface area (Å²) in [6, 6.07) is 3.58. The molecule has 0 aromatic carbocycles. The minimum Gasteiger partial charge on any atom is -0.313 e. The maximum absolute atomic E-state index is 13.1. The molecule has 0 aliphatic carbocycles. The van der Waals surface area contributed by atoms with E-state index in [1.807, 2.05) is 6.07 Å². The van der Waals surface area contributed by atoms with Gasteiger partial charge in [0.25, 0.3) is 11.5 Å². The summed E-state index contributed by atoms with van der Waals surface area (Å²) in [4.78, 5) is 39.2. The summed E-state index contributed by atoms with van der Waals surface area (Å²) in [5.41, 5.74) is 0.844. The van der Waals surface area contributed by atoms with Crippen LogP contribution in [0.5, 0.6) is 0 Å². The molecule has 0 unspecified atom stereocenters. The summed E-state index contributed by atoms with van der Waals surface area (Å²) < 4.78 is 0. The first-order valence-corrected chi connectivity index (χ1v) is 8.47. The van der Waals surface area contributed by atoms with E-state index in [9.17, 15) is 9.59 Å². The number of hydrogen-bond donors (Lipinski definition) is 1. The first kappa shape index (κ1) is 16.3. The van der Waals surface area contributed by atoms with Gasteiger partial charge >= 0.3 is 0 Å². The molecule has 3 rings (SSSR count). The lowest BCUT2D eigenvalue weighted by molar-refractivity contribution is 0.0994. The van der Waals surface area contributed by atoms with Crippen molar-refractivity contribution in [1.82, 2.24) is 15.0 Å². The van der Waals surface area contributed by atoms with Gasteiger partial charge in [0.2, 0.25) is 0 Å². The number of aromatic nitrogens is 3. The molecule has 0 spiro atoms. The van der Waals surface area contributed by atoms with Crippen molar-refractivity contribution in [3.05, 3.63) is 51.6 Å². The average Bonchev–Trinajstić information content (AvgIpc) is 2.93. The maximum Gasteiger partial charge on any atom is 0.260 e. The zero-order valence-corrected chi connectivity index (χ0v) is 14.6. The van der Waals surface area contributed by atoms with E-state index in [4.69, 9.17) is 0 Å². The van der Waals surface area contributed by atoms with Crippen LogP contribution in [0.3, 0.4) is 0 Å². The van der Waals surface area contributed by atoms with E-state index < -0.39 is 0 Å². The molecule has 3 aromatic heterocycles. The Labute approximate surface area is 143 Å². The highest BCUT2D eigenvalue weighted by molar-refractivity contribution is 7.19. The minimum atomic E-state index is -0.283. The molecule has 3 heterocycles. The SMILES string of the molecule is CC(C)Cc1sc2nc[nH]c(=O)c2c1C(=O)N(C)c1cccnc1. The van der Waals surface area contributed by atoms with Gasteiger partial charge in [0, 0.05) is 18.1 Å². The largest absolute Gasteiger partial charge is 0.313 e. The van der Waals surface area contributed by atoms with Gasteiger partial charge in [-0.05, 0) is 24.5 Å². The molecular weight excluding hydrogens is 324 g/mol. The molecule has 6 nitrogen and oxygen atoms in total. The van der Waals surface area contributed by atoms with Crippen LogP contribution in [0.2, 0.25) is 0 Å². The summed E-state index contributed by atoms with van der Waals surface area (Å²) >= 11 is 1.41. The lowest BCUT2D eigenvalue weighted by Crippen LogP contribution is -2.28. The maximum atomic E-state index is 13.1. The smallest absolute Gasteiger partial charge is 0.260 e. The van der Waals surface area contributed by atoms with E-state index >= 15 is 0 Å².